The number of carboxylic acid groups (broad SMARTS) is 1. The van der Waals surface area contributed by atoms with Crippen molar-refractivity contribution in [2.45, 2.75) is 281 Å². The van der Waals surface area contributed by atoms with Crippen LogP contribution < -0.4 is 37.9 Å². The van der Waals surface area contributed by atoms with Gasteiger partial charge in [-0.3, -0.25) is 0 Å². The number of alkyl halides is 6. The fourth-order valence-electron chi connectivity index (χ4n) is 18.5. The van der Waals surface area contributed by atoms with E-state index in [1.165, 1.54) is 215 Å². The molecule has 140 heavy (non-hydrogen) atoms. The van der Waals surface area contributed by atoms with Gasteiger partial charge in [-0.25, -0.2) is 31.5 Å². The third kappa shape index (κ3) is 36.2. The van der Waals surface area contributed by atoms with Crippen LogP contribution in [0.15, 0.2) is 133 Å². The summed E-state index contributed by atoms with van der Waals surface area (Å²) in [5.41, 5.74) is 4.20. The summed E-state index contributed by atoms with van der Waals surface area (Å²) in [5, 5.41) is 18.2. The van der Waals surface area contributed by atoms with E-state index >= 15 is 0 Å². The van der Waals surface area contributed by atoms with Gasteiger partial charge in [-0.1, -0.05) is 128 Å². The number of carboxylic acids is 1. The maximum atomic E-state index is 14.8. The van der Waals surface area contributed by atoms with E-state index in [4.69, 9.17) is 102 Å². The molecule has 0 spiro atoms. The molecule has 0 aliphatic heterocycles. The van der Waals surface area contributed by atoms with Crippen LogP contribution in [0, 0.1) is 116 Å². The van der Waals surface area contributed by atoms with Crippen molar-refractivity contribution in [1.29, 1.82) is 0 Å². The zero-order valence-corrected chi connectivity index (χ0v) is 86.5. The highest BCUT2D eigenvalue weighted by Crippen LogP contribution is 2.45. The van der Waals surface area contributed by atoms with E-state index in [0.29, 0.717) is 52.7 Å². The number of aryl methyl sites for hydroxylation is 5. The topological polar surface area (TPSA) is 148 Å². The molecule has 29 heteroatoms. The highest BCUT2D eigenvalue weighted by molar-refractivity contribution is 7.80. The van der Waals surface area contributed by atoms with Crippen molar-refractivity contribution in [1.82, 2.24) is 0 Å². The van der Waals surface area contributed by atoms with Gasteiger partial charge in [0.25, 0.3) is 0 Å². The van der Waals surface area contributed by atoms with Gasteiger partial charge in [0.15, 0.2) is 57.8 Å². The van der Waals surface area contributed by atoms with E-state index in [1.54, 1.807) is 72.7 Å². The van der Waals surface area contributed by atoms with E-state index in [2.05, 4.69) is 52.0 Å². The number of benzene rings is 9. The Morgan fingerprint density at radius 3 is 0.943 bits per heavy atom. The molecule has 4 fully saturated rings. The number of phenolic OH excluding ortho intramolecular Hbond substituents is 1. The van der Waals surface area contributed by atoms with E-state index in [0.717, 1.165) is 60.1 Å². The van der Waals surface area contributed by atoms with Crippen LogP contribution in [0.25, 0.3) is 0 Å². The first-order valence-electron chi connectivity index (χ1n) is 48.5. The number of ether oxygens (including phenoxy) is 8. The lowest BCUT2D eigenvalue weighted by atomic mass is 9.77. The number of carbonyl (C=O) groups excluding carboxylic acids is 1. The summed E-state index contributed by atoms with van der Waals surface area (Å²) in [6.07, 6.45) is 26.2. The molecule has 4 saturated carbocycles. The third-order valence-corrected chi connectivity index (χ3v) is 25.6. The third-order valence-electron chi connectivity index (χ3n) is 25.3. The molecule has 0 unspecified atom stereocenters. The molecule has 9 aromatic rings. The predicted octanol–water partition coefficient (Wildman–Crippen LogP) is 34.7. The molecule has 4 aliphatic carbocycles. The van der Waals surface area contributed by atoms with Crippen LogP contribution in [-0.4, -0.2) is 70.9 Å². The summed E-state index contributed by atoms with van der Waals surface area (Å²) in [6, 6.07) is 37.2. The lowest BCUT2D eigenvalue weighted by Gasteiger charge is -2.28. The molecule has 0 amide bonds. The van der Waals surface area contributed by atoms with E-state index in [-0.39, 0.29) is 93.2 Å². The molecular weight excluding hydrogens is 1930 g/mol. The van der Waals surface area contributed by atoms with Crippen LogP contribution in [0.5, 0.6) is 51.7 Å². The van der Waals surface area contributed by atoms with Crippen molar-refractivity contribution in [2.24, 2.45) is 23.7 Å². The first kappa shape index (κ1) is 119. The van der Waals surface area contributed by atoms with Gasteiger partial charge in [0.2, 0.25) is 34.1 Å². The van der Waals surface area contributed by atoms with Crippen LogP contribution >= 0.6 is 58.6 Å². The first-order valence-corrected chi connectivity index (χ1v) is 51.1. The number of hydrogen-bond donors (Lipinski definition) is 2. The smallest absolute Gasteiger partial charge is 0.429 e. The van der Waals surface area contributed by atoms with Crippen LogP contribution in [-0.2, 0) is 6.11 Å². The first-order chi connectivity index (χ1) is 66.9. The van der Waals surface area contributed by atoms with Gasteiger partial charge < -0.3 is 48.1 Å². The minimum Gasteiger partial charge on any atom is -0.508 e. The monoisotopic (exact) mass is 2060 g/mol. The number of hydrogen-bond acceptors (Lipinski definition) is 12. The summed E-state index contributed by atoms with van der Waals surface area (Å²) in [7, 11) is 0. The molecule has 9 aromatic carbocycles. The molecule has 0 aromatic heterocycles. The Morgan fingerprint density at radius 1 is 0.350 bits per heavy atom. The molecule has 0 bridgehead atoms. The number of thiocarbonyl (C=S) groups is 1. The summed E-state index contributed by atoms with van der Waals surface area (Å²) in [4.78, 5) is 23.1. The maximum absolute atomic E-state index is 14.8. The quantitative estimate of drug-likeness (QED) is 0.0145. The second-order valence-corrected chi connectivity index (χ2v) is 37.2. The summed E-state index contributed by atoms with van der Waals surface area (Å²) in [5.74, 6) is -8.58. The van der Waals surface area contributed by atoms with Gasteiger partial charge in [-0.05, 0) is 367 Å². The Morgan fingerprint density at radius 2 is 0.621 bits per heavy atom. The van der Waals surface area contributed by atoms with Gasteiger partial charge in [0.05, 0.1) is 49.3 Å². The largest absolute Gasteiger partial charge is 0.508 e. The lowest BCUT2D eigenvalue weighted by Crippen LogP contribution is -2.25. The Hall–Kier alpha value is -9.27. The second kappa shape index (κ2) is 61.7. The van der Waals surface area contributed by atoms with Crippen LogP contribution in [0.1, 0.15) is 322 Å². The highest BCUT2D eigenvalue weighted by Gasteiger charge is 2.42. The Kier molecular flexibility index (Phi) is 52.6. The number of aromatic carboxylic acids is 1. The number of aromatic hydroxyl groups is 1. The number of phenols is 1. The molecule has 12 nitrogen and oxygen atoms in total. The van der Waals surface area contributed by atoms with E-state index in [1.807, 2.05) is 36.4 Å². The van der Waals surface area contributed by atoms with Crippen LogP contribution in [0.2, 0.25) is 0 Å². The fraction of sp³-hybridized carbons (Fsp3) is 0.486. The van der Waals surface area contributed by atoms with Gasteiger partial charge in [0.1, 0.15) is 39.7 Å². The zero-order chi connectivity index (χ0) is 103. The predicted molar refractivity (Wildman–Crippen MR) is 539 cm³/mol. The summed E-state index contributed by atoms with van der Waals surface area (Å²) < 4.78 is 208. The number of halogens is 16. The van der Waals surface area contributed by atoms with Crippen molar-refractivity contribution >= 4 is 75.6 Å². The standard InChI is InChI=1S/C25H30F4O2.C25H30F2O3.C25H30F2O2S.C15H22O.C10H10F2O3.C9H10F2O.2CH2Cl2/c1-4-6-17-7-9-18(10-8-17)19-11-13-20(14-12-19)31-25(28,29)22-16(3)15-21(30-5-2)23(26)24(22)27;1-4-6-17-7-9-18(10-8-17)19-11-13-20(14-12-19)30-25(28)22-16(3)15-21(29-5-2)23(26)24(22)27;1-4-6-17-7-9-18(10-8-17)19-11-13-20(14-12-19)29-25(30)22-16(3)15-21(28-5-2)23(26)24(22)27;1-2-3-12-4-6-13(7-5-12)14-8-10-15(16)11-9-14;1-3-15-6-4-5(2)7(10(13)14)9(12)8(6)11;1-3-12-8-5-6(2)4-7(10)9(8)11;2*2-1-3/h11-15,17-18H,4-10H2,1-3H3;2*11-15,17-18H,4-10H2,1-3H3;8-13,16H,2-7H2,1H3;4H,3H2,1-2H3,(H,13,14);4-5H,3H2,1-2H3;2*1H2. The molecule has 4 aliphatic rings. The van der Waals surface area contributed by atoms with Crippen molar-refractivity contribution < 1.29 is 110 Å². The normalized spacial score (nSPS) is 17.5. The average molecular weight is 2060 g/mol. The highest BCUT2D eigenvalue weighted by atomic mass is 35.5. The Labute approximate surface area is 844 Å². The van der Waals surface area contributed by atoms with E-state index in [9.17, 15) is 67.4 Å². The Bertz CT molecular complexity index is 5130. The van der Waals surface area contributed by atoms with Gasteiger partial charge in [-0.2, -0.15) is 30.7 Å². The lowest BCUT2D eigenvalue weighted by molar-refractivity contribution is -0.188. The van der Waals surface area contributed by atoms with Crippen molar-refractivity contribution in [3.8, 4) is 51.7 Å². The summed E-state index contributed by atoms with van der Waals surface area (Å²) >= 11 is 24.3. The minimum atomic E-state index is -4.03. The van der Waals surface area contributed by atoms with Gasteiger partial charge in [-0.15, -0.1) is 46.4 Å². The maximum Gasteiger partial charge on any atom is 0.429 e. The van der Waals surface area contributed by atoms with Crippen molar-refractivity contribution in [3.63, 3.8) is 0 Å². The number of carbonyl (C=O) groups is 2. The molecule has 0 atom stereocenters. The average Bonchev–Trinajstić information content (AvgIpc) is 0.776. The molecule has 0 saturated heterocycles. The summed E-state index contributed by atoms with van der Waals surface area (Å²) in [6.45, 7) is 25.9. The molecule has 0 heterocycles. The number of rotatable bonds is 30. The van der Waals surface area contributed by atoms with Gasteiger partial charge >= 0.3 is 18.0 Å². The van der Waals surface area contributed by atoms with Crippen molar-refractivity contribution in [3.05, 3.63) is 264 Å². The zero-order valence-electron chi connectivity index (χ0n) is 82.7. The SMILES string of the molecule is CCCC1CCC(c2ccc(O)cc2)CC1.CCCC1CCC(c2ccc(OC(=O)c3c(C)cc(OCC)c(F)c3F)cc2)CC1.CCCC1CCC(c2ccc(OC(=S)c3c(C)cc(OCC)c(F)c3F)cc2)CC1.CCCC1CCC(c2ccc(OC(F)(F)c3c(C)cc(OCC)c(F)c3F)cc2)CC1.CCOc1cc(C)c(C(=O)O)c(F)c1F.CCOc1cc(C)cc(F)c1F.ClCCl.ClCCl. The van der Waals surface area contributed by atoms with Gasteiger partial charge in [0, 0.05) is 0 Å². The van der Waals surface area contributed by atoms with Crippen LogP contribution in [0.3, 0.4) is 0 Å². The molecule has 0 radical (unpaired) electrons. The fourth-order valence-corrected chi connectivity index (χ4v) is 18.8. The number of esters is 1. The molecule has 13 rings (SSSR count). The van der Waals surface area contributed by atoms with E-state index < -0.39 is 98.7 Å². The van der Waals surface area contributed by atoms with Crippen molar-refractivity contribution in [2.75, 3.05) is 43.7 Å². The van der Waals surface area contributed by atoms with Crippen LogP contribution in [0.4, 0.5) is 52.7 Å². The second-order valence-electron chi connectivity index (χ2n) is 35.2. The molecule has 2 N–H and O–H groups in total. The molecular formula is C111H136Cl4F12O12S. The molecule has 770 valence electrons. The Balaban J connectivity index is 0.000000262. The minimum absolute atomic E-state index is 0.0185.